The van der Waals surface area contributed by atoms with E-state index in [2.05, 4.69) is 0 Å². The summed E-state index contributed by atoms with van der Waals surface area (Å²) in [5.41, 5.74) is 0. The molecule has 1 heterocycles. The molecule has 0 bridgehead atoms. The molecule has 8 heteroatoms. The SMILES string of the molecule is CCN(CCC(=O)O)C(=O)C1CCCN(S(C)(=O)=O)C1. The van der Waals surface area contributed by atoms with E-state index in [4.69, 9.17) is 5.11 Å². The maximum Gasteiger partial charge on any atom is 0.305 e. The van der Waals surface area contributed by atoms with Gasteiger partial charge in [0.15, 0.2) is 0 Å². The fourth-order valence-electron chi connectivity index (χ4n) is 2.36. The number of piperidine rings is 1. The van der Waals surface area contributed by atoms with Gasteiger partial charge in [0.05, 0.1) is 18.6 Å². The lowest BCUT2D eigenvalue weighted by Crippen LogP contribution is -2.46. The molecule has 0 aromatic carbocycles. The predicted octanol–water partition coefficient (Wildman–Crippen LogP) is -0.0188. The second-order valence-corrected chi connectivity index (χ2v) is 7.00. The van der Waals surface area contributed by atoms with E-state index in [0.29, 0.717) is 25.9 Å². The maximum atomic E-state index is 12.3. The van der Waals surface area contributed by atoms with Crippen LogP contribution in [0.2, 0.25) is 0 Å². The number of carboxylic acids is 1. The molecule has 1 rings (SSSR count). The highest BCUT2D eigenvalue weighted by molar-refractivity contribution is 7.88. The van der Waals surface area contributed by atoms with Crippen molar-refractivity contribution in [3.8, 4) is 0 Å². The molecule has 1 aliphatic rings. The van der Waals surface area contributed by atoms with Gasteiger partial charge in [0, 0.05) is 26.2 Å². The molecule has 0 radical (unpaired) electrons. The number of carboxylic acid groups (broad SMARTS) is 1. The van der Waals surface area contributed by atoms with Crippen molar-refractivity contribution in [2.24, 2.45) is 5.92 Å². The maximum absolute atomic E-state index is 12.3. The molecule has 0 saturated carbocycles. The Hall–Kier alpha value is -1.15. The van der Waals surface area contributed by atoms with E-state index in [9.17, 15) is 18.0 Å². The summed E-state index contributed by atoms with van der Waals surface area (Å²) in [5.74, 6) is -1.47. The van der Waals surface area contributed by atoms with Crippen LogP contribution in [0, 0.1) is 5.92 Å². The Balaban J connectivity index is 2.67. The summed E-state index contributed by atoms with van der Waals surface area (Å²) in [5, 5.41) is 8.67. The Labute approximate surface area is 119 Å². The molecule has 1 aliphatic heterocycles. The molecule has 7 nitrogen and oxygen atoms in total. The Bertz CT molecular complexity index is 462. The minimum absolute atomic E-state index is 0.0951. The summed E-state index contributed by atoms with van der Waals surface area (Å²) < 4.78 is 24.4. The number of carbonyl (C=O) groups is 2. The fourth-order valence-corrected chi connectivity index (χ4v) is 3.27. The van der Waals surface area contributed by atoms with Crippen LogP contribution in [0.3, 0.4) is 0 Å². The first-order valence-corrected chi connectivity index (χ1v) is 8.56. The largest absolute Gasteiger partial charge is 0.481 e. The van der Waals surface area contributed by atoms with Crippen molar-refractivity contribution >= 4 is 21.9 Å². The lowest BCUT2D eigenvalue weighted by molar-refractivity contribution is -0.140. The summed E-state index contributed by atoms with van der Waals surface area (Å²) >= 11 is 0. The van der Waals surface area contributed by atoms with Gasteiger partial charge in [0.2, 0.25) is 15.9 Å². The Morgan fingerprint density at radius 3 is 2.55 bits per heavy atom. The minimum atomic E-state index is -3.28. The molecule has 0 aromatic rings. The summed E-state index contributed by atoms with van der Waals surface area (Å²) in [6.07, 6.45) is 2.35. The third-order valence-electron chi connectivity index (χ3n) is 3.49. The van der Waals surface area contributed by atoms with Gasteiger partial charge in [-0.2, -0.15) is 0 Å². The van der Waals surface area contributed by atoms with Gasteiger partial charge in [0.25, 0.3) is 0 Å². The van der Waals surface area contributed by atoms with Gasteiger partial charge in [-0.05, 0) is 19.8 Å². The molecule has 0 aliphatic carbocycles. The summed E-state index contributed by atoms with van der Waals surface area (Å²) in [6.45, 7) is 3.03. The fraction of sp³-hybridized carbons (Fsp3) is 0.833. The van der Waals surface area contributed by atoms with Crippen LogP contribution in [0.4, 0.5) is 0 Å². The van der Waals surface area contributed by atoms with E-state index in [0.717, 1.165) is 6.26 Å². The van der Waals surface area contributed by atoms with Crippen LogP contribution in [0.15, 0.2) is 0 Å². The van der Waals surface area contributed by atoms with Crippen molar-refractivity contribution in [1.82, 2.24) is 9.21 Å². The number of aliphatic carboxylic acids is 1. The van der Waals surface area contributed by atoms with Crippen LogP contribution in [0.1, 0.15) is 26.2 Å². The number of hydrogen-bond acceptors (Lipinski definition) is 4. The van der Waals surface area contributed by atoms with Gasteiger partial charge in [-0.3, -0.25) is 9.59 Å². The average Bonchev–Trinajstić information content (AvgIpc) is 2.38. The normalized spacial score (nSPS) is 20.6. The standard InChI is InChI=1S/C12H22N2O5S/c1-3-13(8-6-11(15)16)12(17)10-5-4-7-14(9-10)20(2,18)19/h10H,3-9H2,1-2H3,(H,15,16). The topological polar surface area (TPSA) is 95.0 Å². The van der Waals surface area contributed by atoms with Crippen LogP contribution in [-0.2, 0) is 19.6 Å². The third kappa shape index (κ3) is 4.75. The van der Waals surface area contributed by atoms with Gasteiger partial charge < -0.3 is 10.0 Å². The van der Waals surface area contributed by atoms with E-state index in [1.165, 1.54) is 9.21 Å². The molecule has 1 amide bonds. The van der Waals surface area contributed by atoms with E-state index in [1.54, 1.807) is 6.92 Å². The molecule has 0 spiro atoms. The van der Waals surface area contributed by atoms with Gasteiger partial charge in [0.1, 0.15) is 0 Å². The van der Waals surface area contributed by atoms with Crippen molar-refractivity contribution in [3.05, 3.63) is 0 Å². The first-order valence-electron chi connectivity index (χ1n) is 6.71. The van der Waals surface area contributed by atoms with Crippen LogP contribution >= 0.6 is 0 Å². The minimum Gasteiger partial charge on any atom is -0.481 e. The van der Waals surface area contributed by atoms with E-state index in [1.807, 2.05) is 0 Å². The third-order valence-corrected chi connectivity index (χ3v) is 4.76. The zero-order valence-corrected chi connectivity index (χ0v) is 12.7. The van der Waals surface area contributed by atoms with E-state index in [-0.39, 0.29) is 31.3 Å². The molecular weight excluding hydrogens is 284 g/mol. The van der Waals surface area contributed by atoms with E-state index >= 15 is 0 Å². The lowest BCUT2D eigenvalue weighted by atomic mass is 9.98. The van der Waals surface area contributed by atoms with Crippen molar-refractivity contribution in [3.63, 3.8) is 0 Å². The van der Waals surface area contributed by atoms with Crippen LogP contribution in [-0.4, -0.2) is 67.0 Å². The Morgan fingerprint density at radius 1 is 1.40 bits per heavy atom. The zero-order chi connectivity index (χ0) is 15.3. The highest BCUT2D eigenvalue weighted by Crippen LogP contribution is 2.20. The lowest BCUT2D eigenvalue weighted by Gasteiger charge is -2.33. The monoisotopic (exact) mass is 306 g/mol. The molecule has 0 aromatic heterocycles. The van der Waals surface area contributed by atoms with Gasteiger partial charge in [-0.25, -0.2) is 12.7 Å². The number of carbonyl (C=O) groups excluding carboxylic acids is 1. The van der Waals surface area contributed by atoms with Crippen molar-refractivity contribution in [2.45, 2.75) is 26.2 Å². The molecule has 1 fully saturated rings. The second kappa shape index (κ2) is 7.03. The molecular formula is C12H22N2O5S. The molecule has 116 valence electrons. The molecule has 20 heavy (non-hydrogen) atoms. The van der Waals surface area contributed by atoms with Crippen molar-refractivity contribution in [1.29, 1.82) is 0 Å². The second-order valence-electron chi connectivity index (χ2n) is 5.02. The van der Waals surface area contributed by atoms with Crippen molar-refractivity contribution < 1.29 is 23.1 Å². The first-order chi connectivity index (χ1) is 9.25. The van der Waals surface area contributed by atoms with Crippen LogP contribution < -0.4 is 0 Å². The smallest absolute Gasteiger partial charge is 0.305 e. The number of rotatable bonds is 6. The highest BCUT2D eigenvalue weighted by atomic mass is 32.2. The average molecular weight is 306 g/mol. The van der Waals surface area contributed by atoms with Gasteiger partial charge >= 0.3 is 5.97 Å². The van der Waals surface area contributed by atoms with Crippen LogP contribution in [0.25, 0.3) is 0 Å². The quantitative estimate of drug-likeness (QED) is 0.744. The summed E-state index contributed by atoms with van der Waals surface area (Å²) in [7, 11) is -3.28. The molecule has 1 atom stereocenters. The van der Waals surface area contributed by atoms with Crippen LogP contribution in [0.5, 0.6) is 0 Å². The first kappa shape index (κ1) is 16.9. The molecule has 1 N–H and O–H groups in total. The Kier molecular flexibility index (Phi) is 5.94. The zero-order valence-electron chi connectivity index (χ0n) is 11.9. The highest BCUT2D eigenvalue weighted by Gasteiger charge is 2.32. The van der Waals surface area contributed by atoms with Gasteiger partial charge in [-0.1, -0.05) is 0 Å². The molecule has 1 unspecified atom stereocenters. The number of amides is 1. The van der Waals surface area contributed by atoms with Gasteiger partial charge in [-0.15, -0.1) is 0 Å². The number of nitrogens with zero attached hydrogens (tertiary/aromatic N) is 2. The molecule has 1 saturated heterocycles. The predicted molar refractivity (Wildman–Crippen MR) is 73.6 cm³/mol. The Morgan fingerprint density at radius 2 is 2.05 bits per heavy atom. The summed E-state index contributed by atoms with van der Waals surface area (Å²) in [6, 6.07) is 0. The number of hydrogen-bond donors (Lipinski definition) is 1. The summed E-state index contributed by atoms with van der Waals surface area (Å²) in [4.78, 5) is 24.4. The van der Waals surface area contributed by atoms with E-state index < -0.39 is 16.0 Å². The number of sulfonamides is 1. The van der Waals surface area contributed by atoms with Crippen molar-refractivity contribution in [2.75, 3.05) is 32.4 Å².